The van der Waals surface area contributed by atoms with Crippen molar-refractivity contribution in [3.05, 3.63) is 34.8 Å². The van der Waals surface area contributed by atoms with E-state index in [9.17, 15) is 0 Å². The van der Waals surface area contributed by atoms with E-state index in [0.29, 0.717) is 35.6 Å². The summed E-state index contributed by atoms with van der Waals surface area (Å²) in [7, 11) is 0. The topological polar surface area (TPSA) is 69.6 Å². The molecule has 0 saturated carbocycles. The Kier molecular flexibility index (Phi) is 3.58. The van der Waals surface area contributed by atoms with Gasteiger partial charge in [-0.25, -0.2) is 9.97 Å². The highest BCUT2D eigenvalue weighted by Crippen LogP contribution is 2.19. The zero-order chi connectivity index (χ0) is 14.1. The van der Waals surface area contributed by atoms with E-state index in [1.54, 1.807) is 19.2 Å². The van der Waals surface area contributed by atoms with Gasteiger partial charge in [-0.15, -0.1) is 11.6 Å². The number of halogens is 2. The molecule has 104 valence electrons. The molecule has 0 aromatic carbocycles. The second-order valence-corrected chi connectivity index (χ2v) is 5.09. The number of hydrogen-bond donors (Lipinski definition) is 0. The third kappa shape index (κ3) is 2.48. The van der Waals surface area contributed by atoms with Gasteiger partial charge in [-0.1, -0.05) is 16.8 Å². The molecule has 0 atom stereocenters. The predicted molar refractivity (Wildman–Crippen MR) is 75.1 cm³/mol. The minimum Gasteiger partial charge on any atom is -0.340 e. The Morgan fingerprint density at radius 2 is 2.20 bits per heavy atom. The molecule has 0 aliphatic rings. The molecule has 0 bridgehead atoms. The number of imidazole rings is 1. The lowest BCUT2D eigenvalue weighted by Crippen LogP contribution is -2.08. The van der Waals surface area contributed by atoms with Crippen LogP contribution in [0.5, 0.6) is 0 Å². The molecule has 0 amide bonds. The van der Waals surface area contributed by atoms with Crippen LogP contribution in [0.15, 0.2) is 16.8 Å². The van der Waals surface area contributed by atoms with Crippen LogP contribution in [0.3, 0.4) is 0 Å². The normalized spacial score (nSPS) is 11.3. The van der Waals surface area contributed by atoms with Gasteiger partial charge < -0.3 is 9.09 Å². The van der Waals surface area contributed by atoms with Crippen LogP contribution >= 0.6 is 23.2 Å². The van der Waals surface area contributed by atoms with Crippen LogP contribution < -0.4 is 0 Å². The third-order valence-corrected chi connectivity index (χ3v) is 3.21. The third-order valence-electron chi connectivity index (χ3n) is 2.82. The number of fused-ring (bicyclic) bond motifs is 1. The lowest BCUT2D eigenvalue weighted by atomic mass is 10.4. The second-order valence-electron chi connectivity index (χ2n) is 4.28. The highest BCUT2D eigenvalue weighted by molar-refractivity contribution is 6.31. The first-order chi connectivity index (χ1) is 9.67. The maximum absolute atomic E-state index is 5.94. The molecular formula is C12H11Cl2N5O. The molecule has 20 heavy (non-hydrogen) atoms. The van der Waals surface area contributed by atoms with Crippen molar-refractivity contribution >= 4 is 34.4 Å². The van der Waals surface area contributed by atoms with E-state index in [2.05, 4.69) is 20.1 Å². The average Bonchev–Trinajstić information content (AvgIpc) is 2.95. The molecule has 0 aliphatic heterocycles. The summed E-state index contributed by atoms with van der Waals surface area (Å²) < 4.78 is 6.91. The van der Waals surface area contributed by atoms with Crippen molar-refractivity contribution in [2.75, 3.05) is 5.88 Å². The summed E-state index contributed by atoms with van der Waals surface area (Å²) in [5.74, 6) is 2.41. The maximum Gasteiger partial charge on any atom is 0.223 e. The summed E-state index contributed by atoms with van der Waals surface area (Å²) in [5, 5.41) is 4.45. The standard InChI is InChI=1S/C12H11Cl2N5O/c1-7-16-10(18-20-7)6-19-11(2-3-13)17-9-4-8(14)5-15-12(9)19/h4-5H,2-3,6H2,1H3. The van der Waals surface area contributed by atoms with Crippen LogP contribution in [0.25, 0.3) is 11.2 Å². The van der Waals surface area contributed by atoms with Gasteiger partial charge in [-0.05, 0) is 6.07 Å². The molecule has 0 fully saturated rings. The van der Waals surface area contributed by atoms with Crippen LogP contribution in [-0.4, -0.2) is 30.6 Å². The Morgan fingerprint density at radius 1 is 1.35 bits per heavy atom. The maximum atomic E-state index is 5.94. The fourth-order valence-electron chi connectivity index (χ4n) is 2.02. The molecule has 0 unspecified atom stereocenters. The number of hydrogen-bond acceptors (Lipinski definition) is 5. The Bertz CT molecular complexity index is 751. The zero-order valence-corrected chi connectivity index (χ0v) is 12.2. The van der Waals surface area contributed by atoms with Gasteiger partial charge in [0.25, 0.3) is 0 Å². The van der Waals surface area contributed by atoms with Crippen LogP contribution in [0.4, 0.5) is 0 Å². The van der Waals surface area contributed by atoms with E-state index in [1.807, 2.05) is 4.57 Å². The number of pyridine rings is 1. The van der Waals surface area contributed by atoms with Crippen molar-refractivity contribution in [1.29, 1.82) is 0 Å². The largest absolute Gasteiger partial charge is 0.340 e. The van der Waals surface area contributed by atoms with Gasteiger partial charge in [0.05, 0.1) is 11.6 Å². The van der Waals surface area contributed by atoms with Gasteiger partial charge in [0.1, 0.15) is 11.3 Å². The SMILES string of the molecule is Cc1nc(Cn2c(CCCl)nc3cc(Cl)cnc32)no1. The second kappa shape index (κ2) is 5.38. The number of aryl methyl sites for hydroxylation is 2. The Morgan fingerprint density at radius 3 is 2.90 bits per heavy atom. The van der Waals surface area contributed by atoms with Crippen molar-refractivity contribution in [2.45, 2.75) is 19.9 Å². The number of rotatable bonds is 4. The van der Waals surface area contributed by atoms with Crippen LogP contribution in [0, 0.1) is 6.92 Å². The summed E-state index contributed by atoms with van der Waals surface area (Å²) in [6.45, 7) is 2.19. The first-order valence-electron chi connectivity index (χ1n) is 6.03. The summed E-state index contributed by atoms with van der Waals surface area (Å²) >= 11 is 11.8. The van der Waals surface area contributed by atoms with Gasteiger partial charge in [0.2, 0.25) is 5.89 Å². The summed E-state index contributed by atoms with van der Waals surface area (Å²) in [5.41, 5.74) is 1.47. The molecule has 8 heteroatoms. The molecule has 6 nitrogen and oxygen atoms in total. The van der Waals surface area contributed by atoms with Crippen LogP contribution in [0.2, 0.25) is 5.02 Å². The van der Waals surface area contributed by atoms with Gasteiger partial charge in [-0.2, -0.15) is 4.98 Å². The monoisotopic (exact) mass is 311 g/mol. The minimum absolute atomic E-state index is 0.439. The molecule has 0 N–H and O–H groups in total. The Balaban J connectivity index is 2.08. The van der Waals surface area contributed by atoms with E-state index in [4.69, 9.17) is 27.7 Å². The molecule has 0 saturated heterocycles. The fraction of sp³-hybridized carbons (Fsp3) is 0.333. The van der Waals surface area contributed by atoms with Crippen molar-refractivity contribution in [1.82, 2.24) is 24.7 Å². The summed E-state index contributed by atoms with van der Waals surface area (Å²) in [4.78, 5) is 13.0. The van der Waals surface area contributed by atoms with Crippen molar-refractivity contribution in [2.24, 2.45) is 0 Å². The van der Waals surface area contributed by atoms with Crippen molar-refractivity contribution < 1.29 is 4.52 Å². The highest BCUT2D eigenvalue weighted by atomic mass is 35.5. The number of nitrogens with zero attached hydrogens (tertiary/aromatic N) is 5. The van der Waals surface area contributed by atoms with Gasteiger partial charge in [-0.3, -0.25) is 0 Å². The zero-order valence-electron chi connectivity index (χ0n) is 10.7. The molecular weight excluding hydrogens is 301 g/mol. The van der Waals surface area contributed by atoms with E-state index in [1.165, 1.54) is 0 Å². The molecule has 3 rings (SSSR count). The molecule has 0 spiro atoms. The first-order valence-corrected chi connectivity index (χ1v) is 6.94. The molecule has 0 aliphatic carbocycles. The van der Waals surface area contributed by atoms with Crippen molar-refractivity contribution in [3.63, 3.8) is 0 Å². The fourth-order valence-corrected chi connectivity index (χ4v) is 2.34. The molecule has 3 heterocycles. The minimum atomic E-state index is 0.439. The lowest BCUT2D eigenvalue weighted by molar-refractivity contribution is 0.386. The average molecular weight is 312 g/mol. The molecule has 3 aromatic rings. The van der Waals surface area contributed by atoms with Gasteiger partial charge >= 0.3 is 0 Å². The van der Waals surface area contributed by atoms with Crippen LogP contribution in [-0.2, 0) is 13.0 Å². The molecule has 3 aromatic heterocycles. The van der Waals surface area contributed by atoms with E-state index in [0.717, 1.165) is 17.0 Å². The Labute approximate surface area is 124 Å². The van der Waals surface area contributed by atoms with Crippen LogP contribution in [0.1, 0.15) is 17.5 Å². The number of alkyl halides is 1. The first kappa shape index (κ1) is 13.3. The Hall–Kier alpha value is -1.66. The van der Waals surface area contributed by atoms with Crippen molar-refractivity contribution in [3.8, 4) is 0 Å². The van der Waals surface area contributed by atoms with Gasteiger partial charge in [0.15, 0.2) is 11.5 Å². The summed E-state index contributed by atoms with van der Waals surface area (Å²) in [6.07, 6.45) is 2.22. The van der Waals surface area contributed by atoms with Gasteiger partial charge in [0, 0.05) is 25.4 Å². The number of aromatic nitrogens is 5. The predicted octanol–water partition coefficient (Wildman–Crippen LogP) is 2.61. The highest BCUT2D eigenvalue weighted by Gasteiger charge is 2.14. The summed E-state index contributed by atoms with van der Waals surface area (Å²) in [6, 6.07) is 1.78. The smallest absolute Gasteiger partial charge is 0.223 e. The van der Waals surface area contributed by atoms with E-state index < -0.39 is 0 Å². The lowest BCUT2D eigenvalue weighted by Gasteiger charge is -2.04. The van der Waals surface area contributed by atoms with E-state index >= 15 is 0 Å². The molecule has 0 radical (unpaired) electrons. The van der Waals surface area contributed by atoms with E-state index in [-0.39, 0.29) is 0 Å². The quantitative estimate of drug-likeness (QED) is 0.693.